The van der Waals surface area contributed by atoms with Crippen LogP contribution in [-0.4, -0.2) is 23.6 Å². The number of nitrogens with one attached hydrogen (secondary N) is 1. The number of hydrogen-bond donors (Lipinski definition) is 3. The average Bonchev–Trinajstić information content (AvgIpc) is 2.43. The fraction of sp³-hybridized carbons (Fsp3) is 0.385. The highest BCUT2D eigenvalue weighted by Crippen LogP contribution is 2.26. The van der Waals surface area contributed by atoms with Crippen LogP contribution in [0.25, 0.3) is 0 Å². The molecule has 1 heterocycles. The standard InChI is InChI=1S/C13H17N3O3/c14-12(16-18)2-1-7-19-10-4-5-11-9(8-10)3-6-13(17)15-11/h4-5,8,18H,1-3,6-7H2,(H2,14,16)(H,15,17). The first-order chi connectivity index (χ1) is 9.19. The lowest BCUT2D eigenvalue weighted by atomic mass is 10.0. The summed E-state index contributed by atoms with van der Waals surface area (Å²) in [7, 11) is 0. The molecule has 0 radical (unpaired) electrons. The second kappa shape index (κ2) is 6.08. The van der Waals surface area contributed by atoms with E-state index in [2.05, 4.69) is 10.5 Å². The SMILES string of the molecule is N/C(CCCOc1ccc2c(c1)CCC(=O)N2)=N/O. The number of nitrogens with zero attached hydrogens (tertiary/aromatic N) is 1. The zero-order chi connectivity index (χ0) is 13.7. The first-order valence-electron chi connectivity index (χ1n) is 6.21. The number of nitrogens with two attached hydrogens (primary N) is 1. The second-order valence-electron chi connectivity index (χ2n) is 4.41. The average molecular weight is 263 g/mol. The van der Waals surface area contributed by atoms with E-state index in [0.717, 1.165) is 23.4 Å². The van der Waals surface area contributed by atoms with Gasteiger partial charge >= 0.3 is 0 Å². The molecule has 0 aliphatic carbocycles. The van der Waals surface area contributed by atoms with Gasteiger partial charge in [0.25, 0.3) is 0 Å². The Hall–Kier alpha value is -2.24. The number of oxime groups is 1. The third kappa shape index (κ3) is 3.61. The van der Waals surface area contributed by atoms with Gasteiger partial charge in [0.2, 0.25) is 5.91 Å². The topological polar surface area (TPSA) is 96.9 Å². The molecule has 0 saturated carbocycles. The van der Waals surface area contributed by atoms with Gasteiger partial charge < -0.3 is 21.0 Å². The zero-order valence-electron chi connectivity index (χ0n) is 10.6. The van der Waals surface area contributed by atoms with E-state index in [1.54, 1.807) is 0 Å². The Bertz CT molecular complexity index is 500. The van der Waals surface area contributed by atoms with Crippen LogP contribution in [-0.2, 0) is 11.2 Å². The largest absolute Gasteiger partial charge is 0.494 e. The predicted octanol–water partition coefficient (Wildman–Crippen LogP) is 1.48. The fourth-order valence-corrected chi connectivity index (χ4v) is 1.94. The number of fused-ring (bicyclic) bond motifs is 1. The quantitative estimate of drug-likeness (QED) is 0.246. The van der Waals surface area contributed by atoms with Crippen molar-refractivity contribution >= 4 is 17.4 Å². The Kier molecular flexibility index (Phi) is 4.22. The van der Waals surface area contributed by atoms with Gasteiger partial charge in [0.1, 0.15) is 11.6 Å². The van der Waals surface area contributed by atoms with Crippen LogP contribution < -0.4 is 15.8 Å². The van der Waals surface area contributed by atoms with Crippen LogP contribution in [0.1, 0.15) is 24.8 Å². The summed E-state index contributed by atoms with van der Waals surface area (Å²) < 4.78 is 5.59. The Labute approximate surface area is 111 Å². The second-order valence-corrected chi connectivity index (χ2v) is 4.41. The summed E-state index contributed by atoms with van der Waals surface area (Å²) in [6.07, 6.45) is 2.43. The van der Waals surface area contributed by atoms with Gasteiger partial charge in [-0.05, 0) is 36.6 Å². The van der Waals surface area contributed by atoms with Gasteiger partial charge in [-0.1, -0.05) is 5.16 Å². The van der Waals surface area contributed by atoms with E-state index >= 15 is 0 Å². The molecule has 0 unspecified atom stereocenters. The third-order valence-electron chi connectivity index (χ3n) is 2.95. The van der Waals surface area contributed by atoms with Crippen molar-refractivity contribution in [2.24, 2.45) is 10.9 Å². The minimum Gasteiger partial charge on any atom is -0.494 e. The number of benzene rings is 1. The monoisotopic (exact) mass is 263 g/mol. The molecule has 0 fully saturated rings. The highest BCUT2D eigenvalue weighted by molar-refractivity contribution is 5.94. The molecular weight excluding hydrogens is 246 g/mol. The van der Waals surface area contributed by atoms with E-state index in [-0.39, 0.29) is 11.7 Å². The normalized spacial score (nSPS) is 14.7. The molecular formula is C13H17N3O3. The van der Waals surface area contributed by atoms with Crippen LogP contribution >= 0.6 is 0 Å². The van der Waals surface area contributed by atoms with Gasteiger partial charge in [-0.3, -0.25) is 4.79 Å². The fourth-order valence-electron chi connectivity index (χ4n) is 1.94. The van der Waals surface area contributed by atoms with Crippen molar-refractivity contribution in [3.05, 3.63) is 23.8 Å². The van der Waals surface area contributed by atoms with Crippen LogP contribution in [0.3, 0.4) is 0 Å². The van der Waals surface area contributed by atoms with Crippen molar-refractivity contribution in [3.63, 3.8) is 0 Å². The molecule has 19 heavy (non-hydrogen) atoms. The number of carbonyl (C=O) groups is 1. The summed E-state index contributed by atoms with van der Waals surface area (Å²) in [5, 5.41) is 14.1. The summed E-state index contributed by atoms with van der Waals surface area (Å²) in [4.78, 5) is 11.2. The number of ether oxygens (including phenoxy) is 1. The molecule has 1 amide bonds. The highest BCUT2D eigenvalue weighted by atomic mass is 16.5. The molecule has 6 nitrogen and oxygen atoms in total. The molecule has 1 aliphatic heterocycles. The number of carbonyl (C=O) groups excluding carboxylic acids is 1. The lowest BCUT2D eigenvalue weighted by Gasteiger charge is -2.17. The van der Waals surface area contributed by atoms with Crippen LogP contribution in [0.15, 0.2) is 23.4 Å². The van der Waals surface area contributed by atoms with E-state index in [1.165, 1.54) is 0 Å². The van der Waals surface area contributed by atoms with E-state index in [9.17, 15) is 4.79 Å². The number of amides is 1. The molecule has 1 aliphatic rings. The molecule has 0 atom stereocenters. The van der Waals surface area contributed by atoms with Crippen molar-refractivity contribution in [1.82, 2.24) is 0 Å². The number of aryl methyl sites for hydroxylation is 1. The smallest absolute Gasteiger partial charge is 0.224 e. The summed E-state index contributed by atoms with van der Waals surface area (Å²) >= 11 is 0. The Morgan fingerprint density at radius 3 is 3.11 bits per heavy atom. The third-order valence-corrected chi connectivity index (χ3v) is 2.95. The highest BCUT2D eigenvalue weighted by Gasteiger charge is 2.14. The molecule has 6 heteroatoms. The first-order valence-corrected chi connectivity index (χ1v) is 6.21. The molecule has 1 aromatic carbocycles. The summed E-state index contributed by atoms with van der Waals surface area (Å²) in [6.45, 7) is 0.501. The Morgan fingerprint density at radius 2 is 2.32 bits per heavy atom. The van der Waals surface area contributed by atoms with Crippen molar-refractivity contribution in [3.8, 4) is 5.75 Å². The summed E-state index contributed by atoms with van der Waals surface area (Å²) in [5.74, 6) is 1.03. The Balaban J connectivity index is 1.87. The van der Waals surface area contributed by atoms with Crippen molar-refractivity contribution in [2.75, 3.05) is 11.9 Å². The maximum atomic E-state index is 11.2. The molecule has 0 saturated heterocycles. The number of rotatable bonds is 5. The summed E-state index contributed by atoms with van der Waals surface area (Å²) in [5.41, 5.74) is 7.31. The molecule has 2 rings (SSSR count). The van der Waals surface area contributed by atoms with E-state index < -0.39 is 0 Å². The van der Waals surface area contributed by atoms with E-state index in [0.29, 0.717) is 25.9 Å². The molecule has 0 spiro atoms. The minimum atomic E-state index is 0.0555. The van der Waals surface area contributed by atoms with Gasteiger partial charge in [0.15, 0.2) is 0 Å². The van der Waals surface area contributed by atoms with Gasteiger partial charge in [-0.25, -0.2) is 0 Å². The molecule has 1 aromatic rings. The number of anilines is 1. The molecule has 0 bridgehead atoms. The van der Waals surface area contributed by atoms with E-state index in [1.807, 2.05) is 18.2 Å². The molecule has 0 aromatic heterocycles. The van der Waals surface area contributed by atoms with Gasteiger partial charge in [0.05, 0.1) is 6.61 Å². The first kappa shape index (κ1) is 13.2. The van der Waals surface area contributed by atoms with Crippen LogP contribution in [0.5, 0.6) is 5.75 Å². The van der Waals surface area contributed by atoms with Crippen molar-refractivity contribution in [1.29, 1.82) is 0 Å². The number of hydrogen-bond acceptors (Lipinski definition) is 4. The Morgan fingerprint density at radius 1 is 1.47 bits per heavy atom. The van der Waals surface area contributed by atoms with Crippen LogP contribution in [0, 0.1) is 0 Å². The minimum absolute atomic E-state index is 0.0555. The zero-order valence-corrected chi connectivity index (χ0v) is 10.6. The lowest BCUT2D eigenvalue weighted by molar-refractivity contribution is -0.116. The van der Waals surface area contributed by atoms with Crippen molar-refractivity contribution < 1.29 is 14.7 Å². The molecule has 102 valence electrons. The van der Waals surface area contributed by atoms with Crippen molar-refractivity contribution in [2.45, 2.75) is 25.7 Å². The van der Waals surface area contributed by atoms with Gasteiger partial charge in [-0.2, -0.15) is 0 Å². The van der Waals surface area contributed by atoms with Gasteiger partial charge in [0, 0.05) is 18.5 Å². The van der Waals surface area contributed by atoms with E-state index in [4.69, 9.17) is 15.7 Å². The summed E-state index contributed by atoms with van der Waals surface area (Å²) in [6, 6.07) is 5.62. The van der Waals surface area contributed by atoms with Crippen LogP contribution in [0.2, 0.25) is 0 Å². The maximum absolute atomic E-state index is 11.2. The molecule has 4 N–H and O–H groups in total. The number of amidine groups is 1. The van der Waals surface area contributed by atoms with Gasteiger partial charge in [-0.15, -0.1) is 0 Å². The maximum Gasteiger partial charge on any atom is 0.224 e. The predicted molar refractivity (Wildman–Crippen MR) is 71.5 cm³/mol. The lowest BCUT2D eigenvalue weighted by Crippen LogP contribution is -2.18. The van der Waals surface area contributed by atoms with Crippen LogP contribution in [0.4, 0.5) is 5.69 Å².